The van der Waals surface area contributed by atoms with Crippen molar-refractivity contribution in [3.8, 4) is 0 Å². The van der Waals surface area contributed by atoms with Crippen LogP contribution >= 0.6 is 11.6 Å². The summed E-state index contributed by atoms with van der Waals surface area (Å²) >= 11 is 6.09. The number of aliphatic hydroxyl groups excluding tert-OH is 1. The van der Waals surface area contributed by atoms with Crippen LogP contribution in [0.2, 0.25) is 5.15 Å². The van der Waals surface area contributed by atoms with Crippen molar-refractivity contribution in [2.45, 2.75) is 44.6 Å². The number of hydrogen-bond donors (Lipinski definition) is 2. The first-order valence-electron chi connectivity index (χ1n) is 8.50. The van der Waals surface area contributed by atoms with Gasteiger partial charge >= 0.3 is 0 Å². The molecule has 2 N–H and O–H groups in total. The number of pyridine rings is 1. The Balaban J connectivity index is 1.62. The number of hydrogen-bond acceptors (Lipinski definition) is 4. The Kier molecular flexibility index (Phi) is 5.38. The maximum Gasteiger partial charge on any atom is 0.251 e. The van der Waals surface area contributed by atoms with E-state index in [9.17, 15) is 9.90 Å². The van der Waals surface area contributed by atoms with Crippen LogP contribution in [0.25, 0.3) is 0 Å². The van der Waals surface area contributed by atoms with Crippen LogP contribution in [0.5, 0.6) is 0 Å². The molecular formula is C17H24ClN3O2. The lowest BCUT2D eigenvalue weighted by Gasteiger charge is -2.26. The maximum atomic E-state index is 12.4. The average molecular weight is 338 g/mol. The van der Waals surface area contributed by atoms with E-state index in [1.807, 2.05) is 6.07 Å². The van der Waals surface area contributed by atoms with E-state index in [0.29, 0.717) is 23.2 Å². The summed E-state index contributed by atoms with van der Waals surface area (Å²) in [7, 11) is 0. The molecule has 23 heavy (non-hydrogen) atoms. The SMILES string of the molecule is O=C(NCC1CCCC(O)C1)c1cc(Cl)nc(N2CCCC2)c1. The van der Waals surface area contributed by atoms with E-state index in [1.165, 1.54) is 0 Å². The standard InChI is InChI=1S/C17H24ClN3O2/c18-15-9-13(10-16(20-15)21-6-1-2-7-21)17(23)19-11-12-4-3-5-14(22)8-12/h9-10,12,14,22H,1-8,11H2,(H,19,23). The molecule has 0 aromatic carbocycles. The molecule has 1 amide bonds. The monoisotopic (exact) mass is 337 g/mol. The van der Waals surface area contributed by atoms with Crippen molar-refractivity contribution in [2.24, 2.45) is 5.92 Å². The molecule has 2 heterocycles. The van der Waals surface area contributed by atoms with Gasteiger partial charge in [0.1, 0.15) is 11.0 Å². The topological polar surface area (TPSA) is 65.5 Å². The molecule has 0 bridgehead atoms. The number of rotatable bonds is 4. The van der Waals surface area contributed by atoms with Gasteiger partial charge in [-0.2, -0.15) is 0 Å². The smallest absolute Gasteiger partial charge is 0.251 e. The molecule has 0 spiro atoms. The Morgan fingerprint density at radius 2 is 2.09 bits per heavy atom. The van der Waals surface area contributed by atoms with Crippen LogP contribution in [-0.4, -0.2) is 41.7 Å². The van der Waals surface area contributed by atoms with E-state index in [0.717, 1.165) is 57.4 Å². The van der Waals surface area contributed by atoms with Gasteiger partial charge in [0.15, 0.2) is 0 Å². The van der Waals surface area contributed by atoms with E-state index in [2.05, 4.69) is 15.2 Å². The Bertz CT molecular complexity index is 561. The highest BCUT2D eigenvalue weighted by molar-refractivity contribution is 6.29. The first kappa shape index (κ1) is 16.5. The normalized spacial score (nSPS) is 24.7. The number of carbonyl (C=O) groups is 1. The molecule has 1 aliphatic carbocycles. The molecule has 1 aromatic rings. The Hall–Kier alpha value is -1.33. The fourth-order valence-corrected chi connectivity index (χ4v) is 3.71. The van der Waals surface area contributed by atoms with Crippen LogP contribution in [0.1, 0.15) is 48.9 Å². The van der Waals surface area contributed by atoms with Crippen molar-refractivity contribution in [1.82, 2.24) is 10.3 Å². The fraction of sp³-hybridized carbons (Fsp3) is 0.647. The van der Waals surface area contributed by atoms with Crippen molar-refractivity contribution >= 4 is 23.3 Å². The van der Waals surface area contributed by atoms with Crippen LogP contribution in [0.4, 0.5) is 5.82 Å². The highest BCUT2D eigenvalue weighted by Gasteiger charge is 2.21. The van der Waals surface area contributed by atoms with Gasteiger partial charge in [-0.3, -0.25) is 4.79 Å². The first-order valence-corrected chi connectivity index (χ1v) is 8.88. The minimum atomic E-state index is -0.220. The molecule has 1 aromatic heterocycles. The zero-order chi connectivity index (χ0) is 16.2. The van der Waals surface area contributed by atoms with E-state index in [-0.39, 0.29) is 12.0 Å². The second-order valence-electron chi connectivity index (χ2n) is 6.63. The van der Waals surface area contributed by atoms with Crippen molar-refractivity contribution in [2.75, 3.05) is 24.5 Å². The van der Waals surface area contributed by atoms with Crippen LogP contribution in [-0.2, 0) is 0 Å². The van der Waals surface area contributed by atoms with Crippen molar-refractivity contribution in [1.29, 1.82) is 0 Å². The zero-order valence-corrected chi connectivity index (χ0v) is 14.1. The lowest BCUT2D eigenvalue weighted by atomic mass is 9.87. The molecule has 2 aliphatic rings. The molecule has 126 valence electrons. The predicted octanol–water partition coefficient (Wildman–Crippen LogP) is 2.62. The van der Waals surface area contributed by atoms with E-state index < -0.39 is 0 Å². The number of aromatic nitrogens is 1. The highest BCUT2D eigenvalue weighted by atomic mass is 35.5. The Morgan fingerprint density at radius 3 is 2.83 bits per heavy atom. The third-order valence-corrected chi connectivity index (χ3v) is 4.97. The van der Waals surface area contributed by atoms with Gasteiger partial charge in [0.05, 0.1) is 6.10 Å². The molecule has 3 rings (SSSR count). The number of amides is 1. The van der Waals surface area contributed by atoms with Crippen LogP contribution in [0, 0.1) is 5.92 Å². The molecule has 1 saturated carbocycles. The molecule has 6 heteroatoms. The summed E-state index contributed by atoms with van der Waals surface area (Å²) < 4.78 is 0. The zero-order valence-electron chi connectivity index (χ0n) is 13.3. The van der Waals surface area contributed by atoms with E-state index in [1.54, 1.807) is 6.07 Å². The van der Waals surface area contributed by atoms with Gasteiger partial charge in [-0.15, -0.1) is 0 Å². The third-order valence-electron chi connectivity index (χ3n) is 4.78. The van der Waals surface area contributed by atoms with Gasteiger partial charge < -0.3 is 15.3 Å². The molecule has 1 aliphatic heterocycles. The molecule has 2 unspecified atom stereocenters. The summed E-state index contributed by atoms with van der Waals surface area (Å²) in [6.45, 7) is 2.54. The van der Waals surface area contributed by atoms with E-state index >= 15 is 0 Å². The van der Waals surface area contributed by atoms with Gasteiger partial charge in [0.2, 0.25) is 0 Å². The molecular weight excluding hydrogens is 314 g/mol. The third kappa shape index (κ3) is 4.36. The second kappa shape index (κ2) is 7.49. The van der Waals surface area contributed by atoms with Crippen LogP contribution < -0.4 is 10.2 Å². The molecule has 2 fully saturated rings. The molecule has 5 nitrogen and oxygen atoms in total. The average Bonchev–Trinajstić information content (AvgIpc) is 3.06. The maximum absolute atomic E-state index is 12.4. The predicted molar refractivity (Wildman–Crippen MR) is 91.0 cm³/mol. The van der Waals surface area contributed by atoms with Gasteiger partial charge in [-0.25, -0.2) is 4.98 Å². The number of halogens is 1. The van der Waals surface area contributed by atoms with Gasteiger partial charge in [0, 0.05) is 25.2 Å². The summed E-state index contributed by atoms with van der Waals surface area (Å²) in [6.07, 6.45) is 5.83. The van der Waals surface area contributed by atoms with E-state index in [4.69, 9.17) is 11.6 Å². The quantitative estimate of drug-likeness (QED) is 0.829. The number of aliphatic hydroxyl groups is 1. The minimum Gasteiger partial charge on any atom is -0.393 e. The highest BCUT2D eigenvalue weighted by Crippen LogP contribution is 2.24. The fourth-order valence-electron chi connectivity index (χ4n) is 3.51. The minimum absolute atomic E-state index is 0.116. The molecule has 2 atom stereocenters. The number of nitrogens with zero attached hydrogens (tertiary/aromatic N) is 2. The Labute approximate surface area is 142 Å². The molecule has 0 radical (unpaired) electrons. The van der Waals surface area contributed by atoms with Crippen molar-refractivity contribution in [3.05, 3.63) is 22.8 Å². The first-order chi connectivity index (χ1) is 11.1. The van der Waals surface area contributed by atoms with Gasteiger partial charge in [-0.05, 0) is 50.2 Å². The summed E-state index contributed by atoms with van der Waals surface area (Å²) in [5, 5.41) is 13.0. The second-order valence-corrected chi connectivity index (χ2v) is 7.01. The summed E-state index contributed by atoms with van der Waals surface area (Å²) in [6, 6.07) is 3.44. The number of anilines is 1. The Morgan fingerprint density at radius 1 is 1.30 bits per heavy atom. The lowest BCUT2D eigenvalue weighted by Crippen LogP contribution is -2.33. The summed E-state index contributed by atoms with van der Waals surface area (Å²) in [4.78, 5) is 18.9. The number of nitrogens with one attached hydrogen (secondary N) is 1. The summed E-state index contributed by atoms with van der Waals surface area (Å²) in [5.41, 5.74) is 0.559. The van der Waals surface area contributed by atoms with Crippen molar-refractivity contribution < 1.29 is 9.90 Å². The largest absolute Gasteiger partial charge is 0.393 e. The number of carbonyl (C=O) groups excluding carboxylic acids is 1. The van der Waals surface area contributed by atoms with Crippen molar-refractivity contribution in [3.63, 3.8) is 0 Å². The van der Waals surface area contributed by atoms with Gasteiger partial charge in [-0.1, -0.05) is 18.0 Å². The molecule has 1 saturated heterocycles. The lowest BCUT2D eigenvalue weighted by molar-refractivity contribution is 0.0874. The van der Waals surface area contributed by atoms with Crippen LogP contribution in [0.3, 0.4) is 0 Å². The van der Waals surface area contributed by atoms with Gasteiger partial charge in [0.25, 0.3) is 5.91 Å². The summed E-state index contributed by atoms with van der Waals surface area (Å²) in [5.74, 6) is 1.03. The van der Waals surface area contributed by atoms with Crippen LogP contribution in [0.15, 0.2) is 12.1 Å².